The highest BCUT2D eigenvalue weighted by Crippen LogP contribution is 2.61. The van der Waals surface area contributed by atoms with Gasteiger partial charge in [0.25, 0.3) is 0 Å². The van der Waals surface area contributed by atoms with Crippen molar-refractivity contribution in [3.8, 4) is 22.4 Å². The zero-order chi connectivity index (χ0) is 23.1. The Morgan fingerprint density at radius 2 is 1.56 bits per heavy atom. The van der Waals surface area contributed by atoms with Gasteiger partial charge in [0, 0.05) is 11.8 Å². The van der Waals surface area contributed by atoms with Gasteiger partial charge in [-0.25, -0.2) is 0 Å². The normalized spacial score (nSPS) is 23.7. The SMILES string of the molecule is BC(B)(c1cccc(-c2ccnc(-c3ccccc3)c2)c1)C(C)C1(C)CCC(C)C1(C)C. The Labute approximate surface area is 196 Å². The zero-order valence-corrected chi connectivity index (χ0v) is 20.9. The maximum Gasteiger partial charge on any atom is 0.105 e. The Kier molecular flexibility index (Phi) is 5.90. The number of rotatable bonds is 5. The van der Waals surface area contributed by atoms with Crippen molar-refractivity contribution in [2.75, 3.05) is 0 Å². The highest BCUT2D eigenvalue weighted by Gasteiger charge is 2.55. The van der Waals surface area contributed by atoms with E-state index < -0.39 is 0 Å². The number of hydrogen-bond donors (Lipinski definition) is 0. The Hall–Kier alpha value is -2.28. The molecule has 164 valence electrons. The Bertz CT molecular complexity index is 1090. The fourth-order valence-electron chi connectivity index (χ4n) is 6.06. The first-order valence-electron chi connectivity index (χ1n) is 12.2. The van der Waals surface area contributed by atoms with Crippen LogP contribution in [0.5, 0.6) is 0 Å². The lowest BCUT2D eigenvalue weighted by Gasteiger charge is -2.51. The molecule has 3 heteroatoms. The molecule has 1 saturated carbocycles. The molecule has 3 aromatic rings. The molecule has 1 aliphatic rings. The minimum atomic E-state index is 0.0847. The molecule has 0 bridgehead atoms. The summed E-state index contributed by atoms with van der Waals surface area (Å²) in [6.45, 7) is 12.5. The Morgan fingerprint density at radius 1 is 0.906 bits per heavy atom. The molecule has 1 heterocycles. The maximum atomic E-state index is 4.62. The summed E-state index contributed by atoms with van der Waals surface area (Å²) in [4.78, 5) is 4.62. The van der Waals surface area contributed by atoms with Crippen LogP contribution in [0.2, 0.25) is 0 Å². The molecular formula is C29H37B2N. The van der Waals surface area contributed by atoms with E-state index in [1.165, 1.54) is 29.5 Å². The third kappa shape index (κ3) is 3.74. The second-order valence-corrected chi connectivity index (χ2v) is 11.4. The molecule has 0 spiro atoms. The first-order chi connectivity index (χ1) is 15.1. The quantitative estimate of drug-likeness (QED) is 0.465. The molecule has 32 heavy (non-hydrogen) atoms. The van der Waals surface area contributed by atoms with Gasteiger partial charge in [0.1, 0.15) is 15.7 Å². The molecule has 2 aromatic carbocycles. The van der Waals surface area contributed by atoms with Gasteiger partial charge in [-0.3, -0.25) is 4.98 Å². The first kappa shape index (κ1) is 22.9. The molecule has 1 nitrogen and oxygen atoms in total. The Balaban J connectivity index is 1.69. The van der Waals surface area contributed by atoms with Crippen molar-refractivity contribution < 1.29 is 0 Å². The van der Waals surface area contributed by atoms with Crippen LogP contribution >= 0.6 is 0 Å². The largest absolute Gasteiger partial charge is 0.256 e. The number of aromatic nitrogens is 1. The average Bonchev–Trinajstić information content (AvgIpc) is 3.02. The van der Waals surface area contributed by atoms with Crippen LogP contribution in [0.1, 0.15) is 53.0 Å². The van der Waals surface area contributed by atoms with E-state index in [1.54, 1.807) is 0 Å². The highest BCUT2D eigenvalue weighted by molar-refractivity contribution is 6.40. The van der Waals surface area contributed by atoms with Gasteiger partial charge in [0.05, 0.1) is 5.69 Å². The molecule has 0 aliphatic heterocycles. The van der Waals surface area contributed by atoms with Crippen LogP contribution in [0.4, 0.5) is 0 Å². The predicted molar refractivity (Wildman–Crippen MR) is 143 cm³/mol. The summed E-state index contributed by atoms with van der Waals surface area (Å²) in [7, 11) is 4.89. The van der Waals surface area contributed by atoms with Crippen molar-refractivity contribution in [2.24, 2.45) is 22.7 Å². The molecule has 3 atom stereocenters. The van der Waals surface area contributed by atoms with Crippen molar-refractivity contribution in [1.82, 2.24) is 4.98 Å². The molecule has 0 saturated heterocycles. The van der Waals surface area contributed by atoms with Gasteiger partial charge in [-0.2, -0.15) is 0 Å². The summed E-state index contributed by atoms with van der Waals surface area (Å²) in [5.74, 6) is 1.34. The van der Waals surface area contributed by atoms with Crippen molar-refractivity contribution in [3.05, 3.63) is 78.5 Å². The second kappa shape index (κ2) is 8.25. The van der Waals surface area contributed by atoms with Gasteiger partial charge in [-0.1, -0.05) is 100.0 Å². The van der Waals surface area contributed by atoms with Crippen LogP contribution < -0.4 is 0 Å². The van der Waals surface area contributed by atoms with E-state index >= 15 is 0 Å². The zero-order valence-electron chi connectivity index (χ0n) is 20.9. The summed E-state index contributed by atoms with van der Waals surface area (Å²) in [6.07, 6.45) is 4.58. The summed E-state index contributed by atoms with van der Waals surface area (Å²) in [6, 6.07) is 24.0. The lowest BCUT2D eigenvalue weighted by molar-refractivity contribution is 0.0299. The fraction of sp³-hybridized carbons (Fsp3) is 0.414. The number of pyridine rings is 1. The lowest BCUT2D eigenvalue weighted by atomic mass is 9.39. The van der Waals surface area contributed by atoms with Gasteiger partial charge in [0.2, 0.25) is 0 Å². The van der Waals surface area contributed by atoms with Crippen molar-refractivity contribution in [2.45, 2.75) is 52.7 Å². The van der Waals surface area contributed by atoms with E-state index in [4.69, 9.17) is 0 Å². The predicted octanol–water partition coefficient (Wildman–Crippen LogP) is 5.93. The molecule has 3 unspecified atom stereocenters. The monoisotopic (exact) mass is 421 g/mol. The molecule has 0 amide bonds. The maximum absolute atomic E-state index is 4.62. The fourth-order valence-corrected chi connectivity index (χ4v) is 6.06. The Morgan fingerprint density at radius 3 is 2.22 bits per heavy atom. The summed E-state index contributed by atoms with van der Waals surface area (Å²) in [5, 5.41) is 0.0847. The van der Waals surface area contributed by atoms with E-state index in [1.807, 2.05) is 12.3 Å². The van der Waals surface area contributed by atoms with Crippen molar-refractivity contribution >= 4 is 15.7 Å². The summed E-state index contributed by atoms with van der Waals surface area (Å²) in [5.41, 5.74) is 6.77. The number of nitrogens with zero attached hydrogens (tertiary/aromatic N) is 1. The van der Waals surface area contributed by atoms with Gasteiger partial charge in [0.15, 0.2) is 0 Å². The van der Waals surface area contributed by atoms with Crippen LogP contribution in [0.25, 0.3) is 22.4 Å². The van der Waals surface area contributed by atoms with Crippen LogP contribution in [-0.2, 0) is 5.21 Å². The van der Waals surface area contributed by atoms with Crippen LogP contribution in [0.3, 0.4) is 0 Å². The standard InChI is InChI=1S/C29H37B2N/c1-20-14-16-28(5,27(20,3)4)21(2)29(30,31)25-13-9-12-23(18-25)24-15-17-32-26(19-24)22-10-7-6-8-11-22/h6-13,15,17-21H,14,16,30-31H2,1-5H3. The van der Waals surface area contributed by atoms with Crippen LogP contribution in [0, 0.1) is 22.7 Å². The van der Waals surface area contributed by atoms with E-state index in [9.17, 15) is 0 Å². The van der Waals surface area contributed by atoms with E-state index in [-0.39, 0.29) is 5.21 Å². The number of benzene rings is 2. The molecule has 0 N–H and O–H groups in total. The molecule has 1 aliphatic carbocycles. The lowest BCUT2D eigenvalue weighted by Crippen LogP contribution is -2.49. The third-order valence-corrected chi connectivity index (χ3v) is 9.61. The van der Waals surface area contributed by atoms with Gasteiger partial charge in [-0.05, 0) is 58.8 Å². The van der Waals surface area contributed by atoms with E-state index in [0.717, 1.165) is 17.2 Å². The third-order valence-electron chi connectivity index (χ3n) is 9.61. The summed E-state index contributed by atoms with van der Waals surface area (Å²) < 4.78 is 0. The molecular weight excluding hydrogens is 384 g/mol. The van der Waals surface area contributed by atoms with E-state index in [0.29, 0.717) is 16.7 Å². The molecule has 1 fully saturated rings. The second-order valence-electron chi connectivity index (χ2n) is 11.4. The minimum absolute atomic E-state index is 0.0847. The van der Waals surface area contributed by atoms with Crippen molar-refractivity contribution in [1.29, 1.82) is 0 Å². The molecule has 1 aromatic heterocycles. The van der Waals surface area contributed by atoms with Crippen LogP contribution in [-0.4, -0.2) is 20.7 Å². The van der Waals surface area contributed by atoms with Crippen molar-refractivity contribution in [3.63, 3.8) is 0 Å². The highest BCUT2D eigenvalue weighted by atomic mass is 14.7. The molecule has 0 radical (unpaired) electrons. The smallest absolute Gasteiger partial charge is 0.105 e. The van der Waals surface area contributed by atoms with Crippen LogP contribution in [0.15, 0.2) is 72.9 Å². The van der Waals surface area contributed by atoms with Gasteiger partial charge >= 0.3 is 0 Å². The van der Waals surface area contributed by atoms with E-state index in [2.05, 4.69) is 116 Å². The summed E-state index contributed by atoms with van der Waals surface area (Å²) >= 11 is 0. The van der Waals surface area contributed by atoms with Gasteiger partial charge in [-0.15, -0.1) is 0 Å². The molecule has 4 rings (SSSR count). The first-order valence-corrected chi connectivity index (χ1v) is 12.2. The number of hydrogen-bond acceptors (Lipinski definition) is 1. The average molecular weight is 421 g/mol. The van der Waals surface area contributed by atoms with Gasteiger partial charge < -0.3 is 0 Å². The topological polar surface area (TPSA) is 12.9 Å². The minimum Gasteiger partial charge on any atom is -0.256 e.